The Morgan fingerprint density at radius 2 is 1.33 bits per heavy atom. The van der Waals surface area contributed by atoms with Gasteiger partial charge in [0, 0.05) is 47.8 Å². The highest BCUT2D eigenvalue weighted by Gasteiger charge is 2.52. The van der Waals surface area contributed by atoms with Crippen LogP contribution in [0.2, 0.25) is 0 Å². The number of ether oxygens (including phenoxy) is 1. The molecule has 48 heavy (non-hydrogen) atoms. The van der Waals surface area contributed by atoms with Gasteiger partial charge in [-0.15, -0.1) is 0 Å². The number of nitrogens with zero attached hydrogens (tertiary/aromatic N) is 4. The summed E-state index contributed by atoms with van der Waals surface area (Å²) in [7, 11) is -0.805. The van der Waals surface area contributed by atoms with Gasteiger partial charge >= 0.3 is 0 Å². The van der Waals surface area contributed by atoms with Crippen LogP contribution in [0.25, 0.3) is 0 Å². The van der Waals surface area contributed by atoms with E-state index >= 15 is 0 Å². The second kappa shape index (κ2) is 10.7. The number of aromatic nitrogens is 1. The van der Waals surface area contributed by atoms with Crippen LogP contribution < -0.4 is 35.4 Å². The van der Waals surface area contributed by atoms with Crippen LogP contribution in [-0.2, 0) is 5.41 Å². The van der Waals surface area contributed by atoms with E-state index < -0.39 is 8.07 Å². The van der Waals surface area contributed by atoms with E-state index in [1.807, 2.05) is 18.3 Å². The lowest BCUT2D eigenvalue weighted by Gasteiger charge is -2.46. The number of hydrogen-bond donors (Lipinski definition) is 0. The molecule has 0 radical (unpaired) electrons. The Morgan fingerprint density at radius 1 is 0.646 bits per heavy atom. The van der Waals surface area contributed by atoms with Gasteiger partial charge in [0.25, 0.3) is 0 Å². The van der Waals surface area contributed by atoms with E-state index in [-0.39, 0.29) is 5.41 Å². The minimum Gasteiger partial charge on any atom is -0.453 e. The summed E-state index contributed by atoms with van der Waals surface area (Å²) in [6, 6.07) is 48.6. The zero-order chi connectivity index (χ0) is 32.5. The molecule has 5 nitrogen and oxygen atoms in total. The van der Waals surface area contributed by atoms with Crippen LogP contribution in [0.3, 0.4) is 0 Å². The first-order chi connectivity index (χ1) is 23.5. The number of rotatable bonds is 4. The fraction of sp³-hybridized carbons (Fsp3) is 0.119. The van der Waals surface area contributed by atoms with Crippen molar-refractivity contribution in [3.8, 4) is 11.5 Å². The molecule has 0 saturated carbocycles. The molecule has 0 atom stereocenters. The molecular weight excluding hydrogens is 605 g/mol. The molecule has 6 aromatic rings. The molecule has 0 fully saturated rings. The van der Waals surface area contributed by atoms with Gasteiger partial charge in [0.2, 0.25) is 8.07 Å². The molecule has 5 aromatic carbocycles. The molecule has 234 valence electrons. The number of fused-ring (bicyclic) bond motifs is 4. The van der Waals surface area contributed by atoms with Crippen LogP contribution in [-0.4, -0.2) is 31.7 Å². The summed E-state index contributed by atoms with van der Waals surface area (Å²) in [6.07, 6.45) is 6.20. The molecule has 0 aliphatic carbocycles. The molecule has 0 unspecified atom stereocenters. The Hall–Kier alpha value is -5.59. The Labute approximate surface area is 283 Å². The normalized spacial score (nSPS) is 16.4. The van der Waals surface area contributed by atoms with E-state index in [0.717, 1.165) is 46.2 Å². The van der Waals surface area contributed by atoms with Crippen molar-refractivity contribution < 1.29 is 4.74 Å². The summed E-state index contributed by atoms with van der Waals surface area (Å²) in [5.41, 5.74) is 6.86. The van der Waals surface area contributed by atoms with Crippen LogP contribution in [0.15, 0.2) is 152 Å². The minimum atomic E-state index is -2.90. The largest absolute Gasteiger partial charge is 0.453 e. The van der Waals surface area contributed by atoms with Crippen molar-refractivity contribution in [2.75, 3.05) is 23.5 Å². The van der Waals surface area contributed by atoms with Crippen LogP contribution >= 0.6 is 0 Å². The number of pyridine rings is 1. The monoisotopic (exact) mass is 640 g/mol. The maximum Gasteiger partial charge on any atom is 0.202 e. The van der Waals surface area contributed by atoms with Gasteiger partial charge in [0.1, 0.15) is 0 Å². The van der Waals surface area contributed by atoms with Crippen molar-refractivity contribution in [3.05, 3.63) is 163 Å². The van der Waals surface area contributed by atoms with Crippen LogP contribution in [0, 0.1) is 0 Å². The number of benzene rings is 5. The van der Waals surface area contributed by atoms with E-state index in [0.29, 0.717) is 0 Å². The van der Waals surface area contributed by atoms with Crippen molar-refractivity contribution in [2.24, 2.45) is 0 Å². The predicted molar refractivity (Wildman–Crippen MR) is 199 cm³/mol. The van der Waals surface area contributed by atoms with Crippen molar-refractivity contribution in [1.82, 2.24) is 9.88 Å². The van der Waals surface area contributed by atoms with Crippen LogP contribution in [0.1, 0.15) is 25.0 Å². The third kappa shape index (κ3) is 4.12. The number of anilines is 4. The summed E-state index contributed by atoms with van der Waals surface area (Å²) in [5, 5.41) is 5.20. The fourth-order valence-electron chi connectivity index (χ4n) is 8.09. The molecule has 0 bridgehead atoms. The lowest BCUT2D eigenvalue weighted by Crippen LogP contribution is -2.79. The molecule has 0 N–H and O–H groups in total. The topological polar surface area (TPSA) is 31.8 Å². The number of hydrogen-bond acceptors (Lipinski definition) is 5. The van der Waals surface area contributed by atoms with Gasteiger partial charge < -0.3 is 19.4 Å². The van der Waals surface area contributed by atoms with Gasteiger partial charge in [-0.25, -0.2) is 0 Å². The van der Waals surface area contributed by atoms with Gasteiger partial charge in [-0.05, 0) is 81.3 Å². The molecule has 1 aromatic heterocycles. The van der Waals surface area contributed by atoms with Crippen LogP contribution in [0.5, 0.6) is 11.5 Å². The Balaban J connectivity index is 1.32. The van der Waals surface area contributed by atoms with E-state index in [9.17, 15) is 0 Å². The highest BCUT2D eigenvalue weighted by Crippen LogP contribution is 2.50. The third-order valence-corrected chi connectivity index (χ3v) is 15.0. The molecule has 6 heteroatoms. The Morgan fingerprint density at radius 3 is 2.06 bits per heavy atom. The molecule has 4 heterocycles. The Kier molecular flexibility index (Phi) is 6.39. The summed E-state index contributed by atoms with van der Waals surface area (Å²) >= 11 is 0. The lowest BCUT2D eigenvalue weighted by atomic mass is 9.77. The molecule has 9 rings (SSSR count). The average Bonchev–Trinajstić information content (AvgIpc) is 3.58. The second-order valence-electron chi connectivity index (χ2n) is 13.5. The Bertz CT molecular complexity index is 2180. The second-order valence-corrected chi connectivity index (χ2v) is 17.1. The maximum atomic E-state index is 6.66. The van der Waals surface area contributed by atoms with Crippen molar-refractivity contribution >= 4 is 51.7 Å². The highest BCUT2D eigenvalue weighted by atomic mass is 28.3. The SMILES string of the molecule is CN1C=CN(c2cccc(N3c4ccccc4Oc4ccc([Si]5(c6ccccn6)c6ccccc6C(C)(C)c6ccccc65)cc43)c2)C1. The first-order valence-electron chi connectivity index (χ1n) is 16.5. The van der Waals surface area contributed by atoms with E-state index in [4.69, 9.17) is 9.72 Å². The molecule has 3 aliphatic heterocycles. The molecule has 0 saturated heterocycles. The van der Waals surface area contributed by atoms with E-state index in [1.54, 1.807) is 0 Å². The van der Waals surface area contributed by atoms with E-state index in [2.05, 4.69) is 169 Å². The van der Waals surface area contributed by atoms with Gasteiger partial charge in [0.05, 0.1) is 18.0 Å². The van der Waals surface area contributed by atoms with Crippen molar-refractivity contribution in [2.45, 2.75) is 19.3 Å². The number of para-hydroxylation sites is 2. The van der Waals surface area contributed by atoms with Crippen molar-refractivity contribution in [3.63, 3.8) is 0 Å². The quantitative estimate of drug-likeness (QED) is 0.197. The smallest absolute Gasteiger partial charge is 0.202 e. The molecule has 3 aliphatic rings. The highest BCUT2D eigenvalue weighted by molar-refractivity contribution is 7.20. The van der Waals surface area contributed by atoms with Gasteiger partial charge in [0.15, 0.2) is 11.5 Å². The summed E-state index contributed by atoms with van der Waals surface area (Å²) in [6.45, 7) is 5.54. The fourth-order valence-corrected chi connectivity index (χ4v) is 13.4. The van der Waals surface area contributed by atoms with Crippen LogP contribution in [0.4, 0.5) is 22.7 Å². The summed E-state index contributed by atoms with van der Waals surface area (Å²) in [4.78, 5) is 12.0. The first-order valence-corrected chi connectivity index (χ1v) is 18.5. The van der Waals surface area contributed by atoms with E-state index in [1.165, 1.54) is 26.7 Å². The maximum absolute atomic E-state index is 6.66. The zero-order valence-electron chi connectivity index (χ0n) is 27.3. The summed E-state index contributed by atoms with van der Waals surface area (Å²) < 4.78 is 6.66. The molecule has 0 spiro atoms. The first kappa shape index (κ1) is 28.6. The van der Waals surface area contributed by atoms with Crippen molar-refractivity contribution in [1.29, 1.82) is 0 Å². The van der Waals surface area contributed by atoms with Gasteiger partial charge in [-0.2, -0.15) is 0 Å². The lowest BCUT2D eigenvalue weighted by molar-refractivity contribution is 0.477. The predicted octanol–water partition coefficient (Wildman–Crippen LogP) is 6.85. The minimum absolute atomic E-state index is 0.153. The standard InChI is InChI=1S/C42H36N4OSi/c1-42(2)33-15-4-8-19-39(33)48(41-21-10-11-24-43-41,40-20-9-5-16-34(40)42)32-22-23-38-36(28-32)46(35-17-6-7-18-37(35)47-38)31-14-12-13-30(27-31)45-26-25-44(3)29-45/h4-28H,29H2,1-3H3. The zero-order valence-corrected chi connectivity index (χ0v) is 28.3. The van der Waals surface area contributed by atoms with Gasteiger partial charge in [-0.3, -0.25) is 4.98 Å². The third-order valence-electron chi connectivity index (χ3n) is 10.3. The average molecular weight is 641 g/mol. The summed E-state index contributed by atoms with van der Waals surface area (Å²) in [5.74, 6) is 1.68. The van der Waals surface area contributed by atoms with Gasteiger partial charge in [-0.1, -0.05) is 92.7 Å². The molecule has 0 amide bonds. The molecular formula is C42H36N4OSi.